The summed E-state index contributed by atoms with van der Waals surface area (Å²) in [6.45, 7) is 7.74. The highest BCUT2D eigenvalue weighted by Gasteiger charge is 2.32. The zero-order valence-electron chi connectivity index (χ0n) is 15.7. The normalized spacial score (nSPS) is 22.4. The zero-order chi connectivity index (χ0) is 18.4. The average molecular weight is 353 g/mol. The summed E-state index contributed by atoms with van der Waals surface area (Å²) in [6, 6.07) is 0. The molecule has 0 aliphatic carbocycles. The Hall–Kier alpha value is -1.79. The van der Waals surface area contributed by atoms with Gasteiger partial charge in [0.15, 0.2) is 6.10 Å². The molecule has 7 nitrogen and oxygen atoms in total. The molecule has 0 aromatic rings. The Morgan fingerprint density at radius 1 is 1.08 bits per heavy atom. The lowest BCUT2D eigenvalue weighted by atomic mass is 10.1. The van der Waals surface area contributed by atoms with E-state index in [0.29, 0.717) is 13.0 Å². The van der Waals surface area contributed by atoms with Gasteiger partial charge in [-0.1, -0.05) is 6.42 Å². The van der Waals surface area contributed by atoms with Gasteiger partial charge in [-0.2, -0.15) is 0 Å². The molecule has 0 spiro atoms. The second-order valence-electron chi connectivity index (χ2n) is 7.97. The Labute approximate surface area is 150 Å². The molecule has 25 heavy (non-hydrogen) atoms. The number of likely N-dealkylation sites (tertiary alicyclic amines) is 2. The fourth-order valence-electron chi connectivity index (χ4n) is 3.21. The number of nitrogens with zero attached hydrogens (tertiary/aromatic N) is 2. The second-order valence-corrected chi connectivity index (χ2v) is 7.97. The molecule has 1 N–H and O–H groups in total. The predicted octanol–water partition coefficient (Wildman–Crippen LogP) is 1.90. The van der Waals surface area contributed by atoms with E-state index in [1.807, 2.05) is 25.7 Å². The molecule has 2 rings (SSSR count). The maximum atomic E-state index is 12.8. The van der Waals surface area contributed by atoms with E-state index in [4.69, 9.17) is 4.74 Å². The lowest BCUT2D eigenvalue weighted by molar-refractivity contribution is -0.146. The van der Waals surface area contributed by atoms with Gasteiger partial charge in [0.2, 0.25) is 5.91 Å². The first-order chi connectivity index (χ1) is 11.8. The summed E-state index contributed by atoms with van der Waals surface area (Å²) >= 11 is 0. The quantitative estimate of drug-likeness (QED) is 0.840. The van der Waals surface area contributed by atoms with Crippen molar-refractivity contribution in [1.82, 2.24) is 15.1 Å². The van der Waals surface area contributed by atoms with Crippen LogP contribution in [0.2, 0.25) is 0 Å². The Morgan fingerprint density at radius 3 is 2.36 bits per heavy atom. The number of alkyl carbamates (subject to hydrolysis) is 1. The van der Waals surface area contributed by atoms with Crippen LogP contribution in [0, 0.1) is 0 Å². The fourth-order valence-corrected chi connectivity index (χ4v) is 3.21. The van der Waals surface area contributed by atoms with E-state index in [-0.39, 0.29) is 18.4 Å². The van der Waals surface area contributed by atoms with Crippen LogP contribution in [0.15, 0.2) is 0 Å². The van der Waals surface area contributed by atoms with Gasteiger partial charge < -0.3 is 19.9 Å². The Morgan fingerprint density at radius 2 is 1.72 bits per heavy atom. The van der Waals surface area contributed by atoms with Crippen molar-refractivity contribution in [3.05, 3.63) is 0 Å². The number of hydrogen-bond donors (Lipinski definition) is 1. The summed E-state index contributed by atoms with van der Waals surface area (Å²) in [5.41, 5.74) is -0.423. The number of ether oxygens (including phenoxy) is 1. The van der Waals surface area contributed by atoms with Crippen LogP contribution in [-0.2, 0) is 14.3 Å². The van der Waals surface area contributed by atoms with Crippen molar-refractivity contribution in [2.75, 3.05) is 26.2 Å². The highest BCUT2D eigenvalue weighted by molar-refractivity contribution is 5.88. The largest absolute Gasteiger partial charge is 0.436 e. The van der Waals surface area contributed by atoms with Crippen LogP contribution in [-0.4, -0.2) is 65.5 Å². The van der Waals surface area contributed by atoms with Gasteiger partial charge in [-0.25, -0.2) is 4.79 Å². The third-order valence-electron chi connectivity index (χ3n) is 4.49. The molecule has 1 atom stereocenters. The Kier molecular flexibility index (Phi) is 6.67. The van der Waals surface area contributed by atoms with Crippen LogP contribution < -0.4 is 5.32 Å². The predicted molar refractivity (Wildman–Crippen MR) is 94.0 cm³/mol. The molecule has 0 saturated carbocycles. The molecular formula is C18H31N3O4. The van der Waals surface area contributed by atoms with Gasteiger partial charge in [0, 0.05) is 25.2 Å². The molecule has 2 saturated heterocycles. The minimum absolute atomic E-state index is 0.00989. The molecule has 1 unspecified atom stereocenters. The first kappa shape index (κ1) is 19.5. The van der Waals surface area contributed by atoms with Crippen molar-refractivity contribution in [2.24, 2.45) is 0 Å². The van der Waals surface area contributed by atoms with Crippen molar-refractivity contribution in [2.45, 2.75) is 70.9 Å². The van der Waals surface area contributed by atoms with Gasteiger partial charge in [0.25, 0.3) is 5.91 Å². The number of amides is 3. The molecule has 0 aromatic carbocycles. The highest BCUT2D eigenvalue weighted by atomic mass is 16.6. The van der Waals surface area contributed by atoms with E-state index in [2.05, 4.69) is 5.32 Å². The average Bonchev–Trinajstić information content (AvgIpc) is 3.02. The fraction of sp³-hybridized carbons (Fsp3) is 0.833. The number of carbonyl (C=O) groups is 3. The SMILES string of the molecule is CC(C)(C)NC(=O)OC1CCCCCN(CC(=O)N2CCCC2)C1=O. The van der Waals surface area contributed by atoms with E-state index in [0.717, 1.165) is 45.2 Å². The molecule has 2 fully saturated rings. The first-order valence-electron chi connectivity index (χ1n) is 9.31. The van der Waals surface area contributed by atoms with Crippen molar-refractivity contribution in [3.8, 4) is 0 Å². The van der Waals surface area contributed by atoms with E-state index >= 15 is 0 Å². The zero-order valence-corrected chi connectivity index (χ0v) is 15.7. The summed E-state index contributed by atoms with van der Waals surface area (Å²) in [4.78, 5) is 40.6. The molecule has 0 bridgehead atoms. The van der Waals surface area contributed by atoms with E-state index < -0.39 is 17.7 Å². The third-order valence-corrected chi connectivity index (χ3v) is 4.49. The second kappa shape index (κ2) is 8.54. The first-order valence-corrected chi connectivity index (χ1v) is 9.31. The smallest absolute Gasteiger partial charge is 0.408 e. The molecule has 2 aliphatic heterocycles. The van der Waals surface area contributed by atoms with Gasteiger partial charge in [0.05, 0.1) is 6.54 Å². The van der Waals surface area contributed by atoms with Gasteiger partial charge >= 0.3 is 6.09 Å². The maximum Gasteiger partial charge on any atom is 0.408 e. The molecule has 2 aliphatic rings. The van der Waals surface area contributed by atoms with Gasteiger partial charge in [-0.3, -0.25) is 9.59 Å². The van der Waals surface area contributed by atoms with Gasteiger partial charge in [0.1, 0.15) is 0 Å². The van der Waals surface area contributed by atoms with E-state index in [9.17, 15) is 14.4 Å². The van der Waals surface area contributed by atoms with Crippen LogP contribution in [0.25, 0.3) is 0 Å². The molecule has 142 valence electrons. The topological polar surface area (TPSA) is 79.0 Å². The summed E-state index contributed by atoms with van der Waals surface area (Å²) in [5, 5.41) is 2.72. The third kappa shape index (κ3) is 6.21. The molecule has 0 aromatic heterocycles. The molecular weight excluding hydrogens is 322 g/mol. The number of hydrogen-bond acceptors (Lipinski definition) is 4. The lowest BCUT2D eigenvalue weighted by Crippen LogP contribution is -2.49. The van der Waals surface area contributed by atoms with Crippen LogP contribution in [0.3, 0.4) is 0 Å². The van der Waals surface area contributed by atoms with Gasteiger partial charge in [-0.05, 0) is 52.9 Å². The van der Waals surface area contributed by atoms with Crippen molar-refractivity contribution >= 4 is 17.9 Å². The van der Waals surface area contributed by atoms with Crippen LogP contribution in [0.4, 0.5) is 4.79 Å². The molecule has 7 heteroatoms. The number of rotatable bonds is 3. The number of nitrogens with one attached hydrogen (secondary N) is 1. The highest BCUT2D eigenvalue weighted by Crippen LogP contribution is 2.17. The minimum Gasteiger partial charge on any atom is -0.436 e. The Balaban J connectivity index is 1.97. The summed E-state index contributed by atoms with van der Waals surface area (Å²) in [7, 11) is 0. The molecule has 3 amide bonds. The van der Waals surface area contributed by atoms with Gasteiger partial charge in [-0.15, -0.1) is 0 Å². The maximum absolute atomic E-state index is 12.8. The van der Waals surface area contributed by atoms with Crippen LogP contribution >= 0.6 is 0 Å². The minimum atomic E-state index is -0.811. The van der Waals surface area contributed by atoms with Crippen molar-refractivity contribution in [3.63, 3.8) is 0 Å². The summed E-state index contributed by atoms with van der Waals surface area (Å²) in [5.74, 6) is -0.263. The van der Waals surface area contributed by atoms with Crippen LogP contribution in [0.5, 0.6) is 0 Å². The monoisotopic (exact) mass is 353 g/mol. The Bertz CT molecular complexity index is 495. The summed E-state index contributed by atoms with van der Waals surface area (Å²) in [6.07, 6.45) is 3.84. The summed E-state index contributed by atoms with van der Waals surface area (Å²) < 4.78 is 5.39. The van der Waals surface area contributed by atoms with Crippen molar-refractivity contribution in [1.29, 1.82) is 0 Å². The molecule has 0 radical (unpaired) electrons. The van der Waals surface area contributed by atoms with Crippen molar-refractivity contribution < 1.29 is 19.1 Å². The number of carbonyl (C=O) groups excluding carboxylic acids is 3. The lowest BCUT2D eigenvalue weighted by Gasteiger charge is -2.31. The molecule has 2 heterocycles. The standard InChI is InChI=1S/C18H31N3O4/c1-18(2,3)19-17(24)25-14-9-5-4-6-12-21(16(14)23)13-15(22)20-10-7-8-11-20/h14H,4-13H2,1-3H3,(H,19,24). The van der Waals surface area contributed by atoms with E-state index in [1.165, 1.54) is 0 Å². The van der Waals surface area contributed by atoms with Crippen LogP contribution in [0.1, 0.15) is 59.3 Å². The van der Waals surface area contributed by atoms with E-state index in [1.54, 1.807) is 4.90 Å².